The Morgan fingerprint density at radius 2 is 1.94 bits per heavy atom. The maximum absolute atomic E-state index is 9.91. The van der Waals surface area contributed by atoms with Crippen molar-refractivity contribution in [2.75, 3.05) is 5.32 Å². The molecule has 1 aromatic carbocycles. The molecule has 17 heavy (non-hydrogen) atoms. The van der Waals surface area contributed by atoms with Crippen LogP contribution in [0.5, 0.6) is 5.75 Å². The highest BCUT2D eigenvalue weighted by atomic mass is 16.3. The van der Waals surface area contributed by atoms with Crippen LogP contribution in [0.15, 0.2) is 12.1 Å². The van der Waals surface area contributed by atoms with Crippen LogP contribution in [0.4, 0.5) is 5.69 Å². The zero-order chi connectivity index (χ0) is 12.8. The van der Waals surface area contributed by atoms with Crippen molar-refractivity contribution >= 4 is 5.69 Å². The lowest BCUT2D eigenvalue weighted by Crippen LogP contribution is -2.18. The summed E-state index contributed by atoms with van der Waals surface area (Å²) in [5.41, 5.74) is 2.96. The first-order chi connectivity index (χ1) is 8.10. The topological polar surface area (TPSA) is 32.3 Å². The lowest BCUT2D eigenvalue weighted by atomic mass is 10.0. The second-order valence-corrected chi connectivity index (χ2v) is 4.80. The van der Waals surface area contributed by atoms with Crippen LogP contribution >= 0.6 is 0 Å². The summed E-state index contributed by atoms with van der Waals surface area (Å²) < 4.78 is 0. The molecule has 0 aromatic heterocycles. The van der Waals surface area contributed by atoms with E-state index >= 15 is 0 Å². The summed E-state index contributed by atoms with van der Waals surface area (Å²) in [6.45, 7) is 8.32. The largest absolute Gasteiger partial charge is 0.507 e. The molecule has 1 aromatic rings. The Hall–Kier alpha value is -1.18. The Bertz CT molecular complexity index is 360. The Balaban J connectivity index is 2.76. The van der Waals surface area contributed by atoms with E-state index < -0.39 is 0 Å². The molecule has 0 saturated carbocycles. The number of hydrogen-bond acceptors (Lipinski definition) is 2. The number of phenolic OH excluding ortho intramolecular Hbond substituents is 1. The highest BCUT2D eigenvalue weighted by Gasteiger charge is 2.10. The standard InChI is InChI=1S/C15H25NO/c1-5-7-8-13(6-2)16-14-10-9-11(3)15(17)12(14)4/h9-10,13,16-17H,5-8H2,1-4H3. The Kier molecular flexibility index (Phi) is 5.33. The van der Waals surface area contributed by atoms with E-state index in [2.05, 4.69) is 25.2 Å². The van der Waals surface area contributed by atoms with Crippen LogP contribution in [0.2, 0.25) is 0 Å². The zero-order valence-corrected chi connectivity index (χ0v) is 11.5. The van der Waals surface area contributed by atoms with Crippen molar-refractivity contribution in [1.82, 2.24) is 0 Å². The third-order valence-corrected chi connectivity index (χ3v) is 3.39. The number of aryl methyl sites for hydroxylation is 1. The molecule has 0 saturated heterocycles. The summed E-state index contributed by atoms with van der Waals surface area (Å²) >= 11 is 0. The van der Waals surface area contributed by atoms with Gasteiger partial charge in [-0.1, -0.05) is 32.8 Å². The number of nitrogens with one attached hydrogen (secondary N) is 1. The van der Waals surface area contributed by atoms with Gasteiger partial charge in [0, 0.05) is 17.3 Å². The first kappa shape index (κ1) is 13.9. The molecular weight excluding hydrogens is 210 g/mol. The first-order valence-electron chi connectivity index (χ1n) is 6.65. The Labute approximate surface area is 105 Å². The van der Waals surface area contributed by atoms with Crippen molar-refractivity contribution in [3.8, 4) is 5.75 Å². The fourth-order valence-corrected chi connectivity index (χ4v) is 2.04. The van der Waals surface area contributed by atoms with Crippen molar-refractivity contribution in [3.63, 3.8) is 0 Å². The average molecular weight is 235 g/mol. The fourth-order valence-electron chi connectivity index (χ4n) is 2.04. The molecule has 0 amide bonds. The van der Waals surface area contributed by atoms with Gasteiger partial charge >= 0.3 is 0 Å². The van der Waals surface area contributed by atoms with Crippen molar-refractivity contribution in [1.29, 1.82) is 0 Å². The van der Waals surface area contributed by atoms with Gasteiger partial charge in [-0.2, -0.15) is 0 Å². The predicted octanol–water partition coefficient (Wildman–Crippen LogP) is 4.39. The van der Waals surface area contributed by atoms with Crippen LogP contribution < -0.4 is 5.32 Å². The van der Waals surface area contributed by atoms with E-state index in [0.717, 1.165) is 23.2 Å². The molecule has 0 aliphatic carbocycles. The second kappa shape index (κ2) is 6.53. The highest BCUT2D eigenvalue weighted by Crippen LogP contribution is 2.29. The fraction of sp³-hybridized carbons (Fsp3) is 0.600. The summed E-state index contributed by atoms with van der Waals surface area (Å²) in [6, 6.07) is 4.55. The molecule has 0 radical (unpaired) electrons. The number of anilines is 1. The number of benzene rings is 1. The van der Waals surface area contributed by atoms with Gasteiger partial charge in [0.2, 0.25) is 0 Å². The van der Waals surface area contributed by atoms with Gasteiger partial charge in [-0.25, -0.2) is 0 Å². The van der Waals surface area contributed by atoms with Gasteiger partial charge in [-0.15, -0.1) is 0 Å². The first-order valence-corrected chi connectivity index (χ1v) is 6.65. The van der Waals surface area contributed by atoms with Crippen LogP contribution in [0.25, 0.3) is 0 Å². The van der Waals surface area contributed by atoms with Gasteiger partial charge in [-0.05, 0) is 38.3 Å². The highest BCUT2D eigenvalue weighted by molar-refractivity contribution is 5.59. The van der Waals surface area contributed by atoms with Gasteiger partial charge < -0.3 is 10.4 Å². The number of unbranched alkanes of at least 4 members (excludes halogenated alkanes) is 1. The molecule has 2 nitrogen and oxygen atoms in total. The van der Waals surface area contributed by atoms with E-state index in [4.69, 9.17) is 0 Å². The lowest BCUT2D eigenvalue weighted by Gasteiger charge is -2.20. The number of hydrogen-bond donors (Lipinski definition) is 2. The van der Waals surface area contributed by atoms with Crippen LogP contribution in [0.3, 0.4) is 0 Å². The molecular formula is C15H25NO. The normalized spacial score (nSPS) is 12.5. The summed E-state index contributed by atoms with van der Waals surface area (Å²) in [6.07, 6.45) is 4.80. The summed E-state index contributed by atoms with van der Waals surface area (Å²) in [5.74, 6) is 0.417. The molecule has 1 unspecified atom stereocenters. The van der Waals surface area contributed by atoms with Crippen molar-refractivity contribution in [2.45, 2.75) is 59.4 Å². The van der Waals surface area contributed by atoms with E-state index in [1.807, 2.05) is 19.9 Å². The molecule has 0 bridgehead atoms. The maximum Gasteiger partial charge on any atom is 0.123 e. The molecule has 0 fully saturated rings. The van der Waals surface area contributed by atoms with Crippen molar-refractivity contribution in [3.05, 3.63) is 23.3 Å². The van der Waals surface area contributed by atoms with E-state index in [1.165, 1.54) is 19.3 Å². The van der Waals surface area contributed by atoms with Crippen LogP contribution in [-0.2, 0) is 0 Å². The molecule has 96 valence electrons. The minimum absolute atomic E-state index is 0.417. The van der Waals surface area contributed by atoms with Gasteiger partial charge in [0.25, 0.3) is 0 Å². The van der Waals surface area contributed by atoms with E-state index in [1.54, 1.807) is 0 Å². The maximum atomic E-state index is 9.91. The van der Waals surface area contributed by atoms with Gasteiger partial charge in [0.15, 0.2) is 0 Å². The van der Waals surface area contributed by atoms with Crippen molar-refractivity contribution in [2.24, 2.45) is 0 Å². The molecule has 0 aliphatic rings. The van der Waals surface area contributed by atoms with Gasteiger partial charge in [0.05, 0.1) is 0 Å². The third-order valence-electron chi connectivity index (χ3n) is 3.39. The summed E-state index contributed by atoms with van der Waals surface area (Å²) in [4.78, 5) is 0. The summed E-state index contributed by atoms with van der Waals surface area (Å²) in [5, 5.41) is 13.4. The summed E-state index contributed by atoms with van der Waals surface area (Å²) in [7, 11) is 0. The lowest BCUT2D eigenvalue weighted by molar-refractivity contribution is 0.467. The Morgan fingerprint density at radius 3 is 2.53 bits per heavy atom. The average Bonchev–Trinajstić information content (AvgIpc) is 2.34. The molecule has 1 rings (SSSR count). The van der Waals surface area contributed by atoms with Crippen LogP contribution in [0, 0.1) is 13.8 Å². The number of aromatic hydroxyl groups is 1. The number of phenols is 1. The van der Waals surface area contributed by atoms with Crippen LogP contribution in [-0.4, -0.2) is 11.1 Å². The zero-order valence-electron chi connectivity index (χ0n) is 11.5. The van der Waals surface area contributed by atoms with Gasteiger partial charge in [-0.3, -0.25) is 0 Å². The minimum atomic E-state index is 0.417. The SMILES string of the molecule is CCCCC(CC)Nc1ccc(C)c(O)c1C. The van der Waals surface area contributed by atoms with E-state index in [0.29, 0.717) is 11.8 Å². The van der Waals surface area contributed by atoms with E-state index in [9.17, 15) is 5.11 Å². The van der Waals surface area contributed by atoms with Gasteiger partial charge in [0.1, 0.15) is 5.75 Å². The minimum Gasteiger partial charge on any atom is -0.507 e. The second-order valence-electron chi connectivity index (χ2n) is 4.80. The molecule has 2 heteroatoms. The third kappa shape index (κ3) is 3.65. The molecule has 2 N–H and O–H groups in total. The molecule has 0 aliphatic heterocycles. The van der Waals surface area contributed by atoms with E-state index in [-0.39, 0.29) is 0 Å². The smallest absolute Gasteiger partial charge is 0.123 e. The molecule has 0 heterocycles. The monoisotopic (exact) mass is 235 g/mol. The van der Waals surface area contributed by atoms with Crippen LogP contribution in [0.1, 0.15) is 50.7 Å². The predicted molar refractivity (Wildman–Crippen MR) is 74.8 cm³/mol. The van der Waals surface area contributed by atoms with Crippen molar-refractivity contribution < 1.29 is 5.11 Å². The number of rotatable bonds is 6. The molecule has 1 atom stereocenters. The molecule has 0 spiro atoms. The quantitative estimate of drug-likeness (QED) is 0.766. The Morgan fingerprint density at radius 1 is 1.24 bits per heavy atom.